The standard InChI is InChI=1S/C19H24N2O4/c1-20(2)21-14-6-5-7-15(22)19(14)13(11-18(21)23)12-8-9-16(24-3)17(10-12)25-4/h8-10,13H,5-7,11H2,1-4H3/t13-/m0/s1. The van der Waals surface area contributed by atoms with Crippen molar-refractivity contribution < 1.29 is 19.1 Å². The number of allylic oxidation sites excluding steroid dienone is 2. The Hall–Kier alpha value is -2.34. The topological polar surface area (TPSA) is 59.1 Å². The second-order valence-electron chi connectivity index (χ2n) is 6.56. The van der Waals surface area contributed by atoms with Gasteiger partial charge in [-0.1, -0.05) is 6.07 Å². The van der Waals surface area contributed by atoms with Crippen LogP contribution in [0.25, 0.3) is 0 Å². The van der Waals surface area contributed by atoms with Gasteiger partial charge in [-0.25, -0.2) is 10.0 Å². The fourth-order valence-corrected chi connectivity index (χ4v) is 3.79. The summed E-state index contributed by atoms with van der Waals surface area (Å²) in [5.41, 5.74) is 2.52. The van der Waals surface area contributed by atoms with Crippen LogP contribution < -0.4 is 9.47 Å². The number of hydrogen-bond acceptors (Lipinski definition) is 5. The van der Waals surface area contributed by atoms with Crippen molar-refractivity contribution >= 4 is 11.7 Å². The summed E-state index contributed by atoms with van der Waals surface area (Å²) >= 11 is 0. The molecule has 0 aromatic heterocycles. The first kappa shape index (κ1) is 17.5. The lowest BCUT2D eigenvalue weighted by molar-refractivity contribution is -0.143. The molecule has 1 amide bonds. The number of Topliss-reactive ketones (excluding diaryl/α,β-unsaturated/α-hetero) is 1. The molecule has 0 fully saturated rings. The molecule has 0 unspecified atom stereocenters. The molecule has 1 aromatic carbocycles. The van der Waals surface area contributed by atoms with Crippen LogP contribution in [-0.2, 0) is 9.59 Å². The molecular formula is C19H24N2O4. The maximum absolute atomic E-state index is 12.7. The van der Waals surface area contributed by atoms with Crippen molar-refractivity contribution in [3.63, 3.8) is 0 Å². The third kappa shape index (κ3) is 3.02. The van der Waals surface area contributed by atoms with Gasteiger partial charge in [0, 0.05) is 44.1 Å². The second-order valence-corrected chi connectivity index (χ2v) is 6.56. The fraction of sp³-hybridized carbons (Fsp3) is 0.474. The van der Waals surface area contributed by atoms with Gasteiger partial charge in [0.2, 0.25) is 5.91 Å². The zero-order valence-electron chi connectivity index (χ0n) is 15.2. The molecule has 134 valence electrons. The largest absolute Gasteiger partial charge is 0.493 e. The van der Waals surface area contributed by atoms with Gasteiger partial charge in [0.1, 0.15) is 0 Å². The number of carbonyl (C=O) groups excluding carboxylic acids is 2. The molecule has 1 aromatic rings. The summed E-state index contributed by atoms with van der Waals surface area (Å²) in [6.45, 7) is 0. The lowest BCUT2D eigenvalue weighted by atomic mass is 9.77. The summed E-state index contributed by atoms with van der Waals surface area (Å²) < 4.78 is 10.7. The Bertz CT molecular complexity index is 739. The second kappa shape index (κ2) is 6.88. The van der Waals surface area contributed by atoms with Crippen LogP contribution in [-0.4, -0.2) is 50.0 Å². The molecule has 0 spiro atoms. The third-order valence-corrected chi connectivity index (χ3v) is 4.86. The van der Waals surface area contributed by atoms with Gasteiger partial charge in [-0.15, -0.1) is 0 Å². The van der Waals surface area contributed by atoms with Crippen LogP contribution in [0.5, 0.6) is 11.5 Å². The van der Waals surface area contributed by atoms with Crippen molar-refractivity contribution in [2.24, 2.45) is 0 Å². The Morgan fingerprint density at radius 3 is 2.44 bits per heavy atom. The number of carbonyl (C=O) groups is 2. The minimum atomic E-state index is -0.230. The highest BCUT2D eigenvalue weighted by Gasteiger charge is 2.40. The van der Waals surface area contributed by atoms with E-state index in [1.807, 2.05) is 32.3 Å². The Morgan fingerprint density at radius 1 is 1.08 bits per heavy atom. The van der Waals surface area contributed by atoms with Crippen LogP contribution in [0.15, 0.2) is 29.5 Å². The van der Waals surface area contributed by atoms with Crippen molar-refractivity contribution in [2.45, 2.75) is 31.6 Å². The van der Waals surface area contributed by atoms with Gasteiger partial charge < -0.3 is 9.47 Å². The lowest BCUT2D eigenvalue weighted by Crippen LogP contribution is -2.47. The first-order valence-electron chi connectivity index (χ1n) is 8.46. The zero-order valence-corrected chi connectivity index (χ0v) is 15.2. The first-order valence-corrected chi connectivity index (χ1v) is 8.46. The SMILES string of the molecule is COc1ccc([C@@H]2CC(=O)N(N(C)C)C3=C2C(=O)CCC3)cc1OC. The number of ether oxygens (including phenoxy) is 2. The smallest absolute Gasteiger partial charge is 0.242 e. The maximum Gasteiger partial charge on any atom is 0.242 e. The van der Waals surface area contributed by atoms with Crippen LogP contribution in [0.1, 0.15) is 37.2 Å². The quantitative estimate of drug-likeness (QED) is 0.840. The summed E-state index contributed by atoms with van der Waals surface area (Å²) in [6.07, 6.45) is 2.35. The molecule has 6 nitrogen and oxygen atoms in total. The number of ketones is 1. The minimum Gasteiger partial charge on any atom is -0.493 e. The van der Waals surface area contributed by atoms with Crippen molar-refractivity contribution in [3.05, 3.63) is 35.0 Å². The molecule has 0 bridgehead atoms. The highest BCUT2D eigenvalue weighted by atomic mass is 16.5. The van der Waals surface area contributed by atoms with E-state index in [1.54, 1.807) is 24.2 Å². The maximum atomic E-state index is 12.7. The van der Waals surface area contributed by atoms with Crippen molar-refractivity contribution in [3.8, 4) is 11.5 Å². The van der Waals surface area contributed by atoms with Crippen LogP contribution >= 0.6 is 0 Å². The lowest BCUT2D eigenvalue weighted by Gasteiger charge is -2.41. The van der Waals surface area contributed by atoms with Crippen molar-refractivity contribution in [2.75, 3.05) is 28.3 Å². The highest BCUT2D eigenvalue weighted by molar-refractivity contribution is 6.01. The summed E-state index contributed by atoms with van der Waals surface area (Å²) in [5.74, 6) is 1.16. The van der Waals surface area contributed by atoms with Gasteiger partial charge in [0.05, 0.1) is 14.2 Å². The van der Waals surface area contributed by atoms with E-state index in [0.29, 0.717) is 17.9 Å². The number of hydrogen-bond donors (Lipinski definition) is 0. The molecule has 1 atom stereocenters. The van der Waals surface area contributed by atoms with Crippen LogP contribution in [0.2, 0.25) is 0 Å². The molecule has 0 saturated carbocycles. The molecule has 1 aliphatic carbocycles. The van der Waals surface area contributed by atoms with E-state index in [2.05, 4.69) is 0 Å². The fourth-order valence-electron chi connectivity index (χ4n) is 3.79. The van der Waals surface area contributed by atoms with Crippen LogP contribution in [0.4, 0.5) is 0 Å². The predicted molar refractivity (Wildman–Crippen MR) is 93.3 cm³/mol. The van der Waals surface area contributed by atoms with Gasteiger partial charge in [0.15, 0.2) is 17.3 Å². The number of hydrazine groups is 1. The Morgan fingerprint density at radius 2 is 1.80 bits per heavy atom. The molecule has 3 rings (SSSR count). The highest BCUT2D eigenvalue weighted by Crippen LogP contribution is 2.43. The third-order valence-electron chi connectivity index (χ3n) is 4.86. The number of rotatable bonds is 4. The summed E-state index contributed by atoms with van der Waals surface area (Å²) in [5, 5.41) is 3.42. The van der Waals surface area contributed by atoms with Gasteiger partial charge in [0.25, 0.3) is 0 Å². The molecule has 1 heterocycles. The molecule has 2 aliphatic rings. The number of nitrogens with zero attached hydrogens (tertiary/aromatic N) is 2. The van der Waals surface area contributed by atoms with Crippen molar-refractivity contribution in [1.82, 2.24) is 10.0 Å². The van der Waals surface area contributed by atoms with Gasteiger partial charge >= 0.3 is 0 Å². The van der Waals surface area contributed by atoms with E-state index in [-0.39, 0.29) is 24.0 Å². The van der Waals surface area contributed by atoms with E-state index >= 15 is 0 Å². The Balaban J connectivity index is 2.11. The van der Waals surface area contributed by atoms with E-state index in [0.717, 1.165) is 29.7 Å². The Kier molecular flexibility index (Phi) is 4.81. The number of benzene rings is 1. The predicted octanol–water partition coefficient (Wildman–Crippen LogP) is 2.50. The average molecular weight is 344 g/mol. The summed E-state index contributed by atoms with van der Waals surface area (Å²) in [6, 6.07) is 5.61. The Labute approximate surface area is 148 Å². The first-order chi connectivity index (χ1) is 12.0. The molecule has 0 saturated heterocycles. The molecule has 1 aliphatic heterocycles. The van der Waals surface area contributed by atoms with Crippen LogP contribution in [0, 0.1) is 0 Å². The normalized spacial score (nSPS) is 20.8. The molecule has 6 heteroatoms. The summed E-state index contributed by atoms with van der Waals surface area (Å²) in [7, 11) is 6.83. The number of methoxy groups -OCH3 is 2. The molecular weight excluding hydrogens is 320 g/mol. The van der Waals surface area contributed by atoms with Crippen molar-refractivity contribution in [1.29, 1.82) is 0 Å². The minimum absolute atomic E-state index is 0.0123. The average Bonchev–Trinajstić information content (AvgIpc) is 2.60. The number of amides is 1. The van der Waals surface area contributed by atoms with E-state index in [1.165, 1.54) is 0 Å². The van der Waals surface area contributed by atoms with E-state index < -0.39 is 0 Å². The van der Waals surface area contributed by atoms with Gasteiger partial charge in [-0.3, -0.25) is 9.59 Å². The molecule has 0 radical (unpaired) electrons. The van der Waals surface area contributed by atoms with Crippen LogP contribution in [0.3, 0.4) is 0 Å². The monoisotopic (exact) mass is 344 g/mol. The summed E-state index contributed by atoms with van der Waals surface area (Å²) in [4.78, 5) is 25.4. The molecule has 25 heavy (non-hydrogen) atoms. The van der Waals surface area contributed by atoms with E-state index in [9.17, 15) is 9.59 Å². The van der Waals surface area contributed by atoms with Gasteiger partial charge in [-0.2, -0.15) is 0 Å². The molecule has 0 N–H and O–H groups in total. The van der Waals surface area contributed by atoms with E-state index in [4.69, 9.17) is 9.47 Å². The van der Waals surface area contributed by atoms with Gasteiger partial charge in [-0.05, 0) is 30.5 Å². The zero-order chi connectivity index (χ0) is 18.1.